The van der Waals surface area contributed by atoms with Crippen LogP contribution in [-0.2, 0) is 0 Å². The van der Waals surface area contributed by atoms with Crippen LogP contribution in [0.1, 0.15) is 30.5 Å². The fraction of sp³-hybridized carbons (Fsp3) is 0.154. The van der Waals surface area contributed by atoms with Gasteiger partial charge in [-0.05, 0) is 49.2 Å². The zero-order chi connectivity index (χ0) is 19.3. The minimum absolute atomic E-state index is 0.907. The van der Waals surface area contributed by atoms with Gasteiger partial charge in [-0.3, -0.25) is 0 Å². The Balaban J connectivity index is 1.63. The maximum atomic E-state index is 6.06. The highest BCUT2D eigenvalue weighted by Gasteiger charge is 2.20. The second kappa shape index (κ2) is 8.18. The summed E-state index contributed by atoms with van der Waals surface area (Å²) in [6.07, 6.45) is 6.46. The van der Waals surface area contributed by atoms with Crippen LogP contribution >= 0.6 is 0 Å². The van der Waals surface area contributed by atoms with Gasteiger partial charge < -0.3 is 9.64 Å². The van der Waals surface area contributed by atoms with Crippen molar-refractivity contribution in [1.82, 2.24) is 0 Å². The van der Waals surface area contributed by atoms with E-state index in [1.165, 1.54) is 16.8 Å². The van der Waals surface area contributed by atoms with E-state index in [0.29, 0.717) is 0 Å². The Morgan fingerprint density at radius 2 is 1.32 bits per heavy atom. The lowest BCUT2D eigenvalue weighted by Crippen LogP contribution is -2.21. The molecule has 3 aromatic carbocycles. The average Bonchev–Trinajstić information content (AvgIpc) is 2.75. The van der Waals surface area contributed by atoms with Crippen LogP contribution in [0.5, 0.6) is 11.5 Å². The number of para-hydroxylation sites is 2. The third-order valence-electron chi connectivity index (χ3n) is 5.15. The smallest absolute Gasteiger partial charge is 0.135 e. The van der Waals surface area contributed by atoms with Gasteiger partial charge in [-0.2, -0.15) is 0 Å². The highest BCUT2D eigenvalue weighted by molar-refractivity contribution is 5.89. The molecule has 0 N–H and O–H groups in total. The number of ether oxygens (including phenoxy) is 1. The minimum atomic E-state index is 0.907. The number of allylic oxidation sites excluding steroid dienone is 2. The Hall–Kier alpha value is -3.26. The van der Waals surface area contributed by atoms with Crippen LogP contribution in [0.3, 0.4) is 0 Å². The van der Waals surface area contributed by atoms with E-state index in [1.807, 2.05) is 24.3 Å². The molecule has 0 amide bonds. The lowest BCUT2D eigenvalue weighted by atomic mass is 9.93. The maximum absolute atomic E-state index is 6.06. The highest BCUT2D eigenvalue weighted by Crippen LogP contribution is 2.43. The summed E-state index contributed by atoms with van der Waals surface area (Å²) < 4.78 is 6.06. The summed E-state index contributed by atoms with van der Waals surface area (Å²) in [7, 11) is 0. The molecule has 0 aromatic heterocycles. The Morgan fingerprint density at radius 3 is 1.89 bits per heavy atom. The molecule has 2 heteroatoms. The number of nitrogens with zero attached hydrogens (tertiary/aromatic N) is 1. The highest BCUT2D eigenvalue weighted by atomic mass is 16.5. The number of anilines is 1. The third-order valence-corrected chi connectivity index (χ3v) is 5.15. The lowest BCUT2D eigenvalue weighted by Gasteiger charge is -2.22. The molecule has 1 aliphatic heterocycles. The van der Waals surface area contributed by atoms with Crippen LogP contribution in [0.15, 0.2) is 84.9 Å². The van der Waals surface area contributed by atoms with Gasteiger partial charge in [0.25, 0.3) is 0 Å². The van der Waals surface area contributed by atoms with Gasteiger partial charge in [0.15, 0.2) is 0 Å². The summed E-state index contributed by atoms with van der Waals surface area (Å²) in [5, 5.41) is 0. The van der Waals surface area contributed by atoms with Crippen molar-refractivity contribution < 1.29 is 4.74 Å². The second-order valence-electron chi connectivity index (χ2n) is 6.80. The van der Waals surface area contributed by atoms with Crippen molar-refractivity contribution in [3.8, 4) is 11.5 Å². The van der Waals surface area contributed by atoms with Gasteiger partial charge in [-0.1, -0.05) is 66.8 Å². The predicted molar refractivity (Wildman–Crippen MR) is 119 cm³/mol. The first kappa shape index (κ1) is 18.1. The molecule has 1 aliphatic rings. The van der Waals surface area contributed by atoms with Crippen LogP contribution in [0.2, 0.25) is 0 Å². The number of fused-ring (bicyclic) bond motifs is 2. The Kier molecular flexibility index (Phi) is 5.29. The molecule has 0 saturated heterocycles. The molecular formula is C26H25NO. The van der Waals surface area contributed by atoms with E-state index in [-0.39, 0.29) is 0 Å². The van der Waals surface area contributed by atoms with Crippen molar-refractivity contribution in [3.05, 3.63) is 102 Å². The topological polar surface area (TPSA) is 12.5 Å². The Labute approximate surface area is 167 Å². The molecule has 4 rings (SSSR count). The summed E-state index contributed by atoms with van der Waals surface area (Å²) >= 11 is 0. The quantitative estimate of drug-likeness (QED) is 0.385. The van der Waals surface area contributed by atoms with Gasteiger partial charge in [0.1, 0.15) is 11.5 Å². The van der Waals surface area contributed by atoms with Crippen molar-refractivity contribution in [3.63, 3.8) is 0 Å². The molecule has 140 valence electrons. The maximum Gasteiger partial charge on any atom is 0.135 e. The summed E-state index contributed by atoms with van der Waals surface area (Å²) in [5.41, 5.74) is 5.91. The number of benzene rings is 3. The fourth-order valence-corrected chi connectivity index (χ4v) is 3.64. The zero-order valence-corrected chi connectivity index (χ0v) is 16.4. The Morgan fingerprint density at radius 1 is 0.750 bits per heavy atom. The van der Waals surface area contributed by atoms with Crippen molar-refractivity contribution in [2.24, 2.45) is 0 Å². The summed E-state index contributed by atoms with van der Waals surface area (Å²) in [6, 6.07) is 25.1. The molecule has 2 nitrogen and oxygen atoms in total. The van der Waals surface area contributed by atoms with Crippen LogP contribution in [0.25, 0.3) is 11.6 Å². The number of hydrogen-bond acceptors (Lipinski definition) is 2. The van der Waals surface area contributed by atoms with E-state index in [0.717, 1.165) is 35.7 Å². The van der Waals surface area contributed by atoms with E-state index in [4.69, 9.17) is 4.74 Å². The minimum Gasteiger partial charge on any atom is -0.456 e. The predicted octanol–water partition coefficient (Wildman–Crippen LogP) is 6.78. The zero-order valence-electron chi connectivity index (χ0n) is 16.4. The first-order chi connectivity index (χ1) is 13.8. The number of hydrogen-bond donors (Lipinski definition) is 0. The largest absolute Gasteiger partial charge is 0.456 e. The van der Waals surface area contributed by atoms with Gasteiger partial charge >= 0.3 is 0 Å². The summed E-state index contributed by atoms with van der Waals surface area (Å²) in [4.78, 5) is 2.35. The van der Waals surface area contributed by atoms with Crippen molar-refractivity contribution >= 4 is 17.3 Å². The van der Waals surface area contributed by atoms with Crippen molar-refractivity contribution in [2.75, 3.05) is 18.0 Å². The van der Waals surface area contributed by atoms with Gasteiger partial charge in [0.2, 0.25) is 0 Å². The summed E-state index contributed by atoms with van der Waals surface area (Å²) in [6.45, 7) is 6.43. The van der Waals surface area contributed by atoms with Gasteiger partial charge in [0, 0.05) is 29.9 Å². The van der Waals surface area contributed by atoms with E-state index < -0.39 is 0 Å². The van der Waals surface area contributed by atoms with E-state index >= 15 is 0 Å². The molecule has 0 saturated carbocycles. The van der Waals surface area contributed by atoms with Crippen LogP contribution in [-0.4, -0.2) is 13.1 Å². The van der Waals surface area contributed by atoms with Crippen LogP contribution in [0, 0.1) is 0 Å². The molecule has 0 atom stereocenters. The molecule has 28 heavy (non-hydrogen) atoms. The van der Waals surface area contributed by atoms with Crippen LogP contribution in [0.4, 0.5) is 5.69 Å². The molecule has 1 heterocycles. The Bertz CT molecular complexity index is 963. The van der Waals surface area contributed by atoms with E-state index in [9.17, 15) is 0 Å². The lowest BCUT2D eigenvalue weighted by molar-refractivity contribution is 0.474. The van der Waals surface area contributed by atoms with Crippen molar-refractivity contribution in [2.45, 2.75) is 13.8 Å². The van der Waals surface area contributed by atoms with Crippen molar-refractivity contribution in [1.29, 1.82) is 0 Å². The molecule has 3 aromatic rings. The van der Waals surface area contributed by atoms with E-state index in [1.54, 1.807) is 0 Å². The molecule has 0 radical (unpaired) electrons. The third kappa shape index (κ3) is 3.59. The van der Waals surface area contributed by atoms with E-state index in [2.05, 4.69) is 85.5 Å². The van der Waals surface area contributed by atoms with Gasteiger partial charge in [-0.25, -0.2) is 0 Å². The summed E-state index contributed by atoms with van der Waals surface area (Å²) in [5.74, 6) is 1.81. The normalized spacial score (nSPS) is 12.3. The standard InChI is InChI=1S/C26H25NO/c1-3-27(4-2)21-18-16-20(17-19-21)10-9-13-22-23-11-5-7-14-25(23)28-26-15-8-6-12-24(22)26/h5-19H,3-4H2,1-2H3. The SMILES string of the molecule is CCN(CC)c1ccc(C=CC=C2c3ccccc3Oc3ccccc32)cc1. The first-order valence-electron chi connectivity index (χ1n) is 9.90. The average molecular weight is 367 g/mol. The molecule has 0 unspecified atom stereocenters. The van der Waals surface area contributed by atoms with Gasteiger partial charge in [0.05, 0.1) is 0 Å². The molecular weight excluding hydrogens is 342 g/mol. The molecule has 0 fully saturated rings. The molecule has 0 bridgehead atoms. The van der Waals surface area contributed by atoms with Gasteiger partial charge in [-0.15, -0.1) is 0 Å². The number of rotatable bonds is 5. The molecule has 0 aliphatic carbocycles. The second-order valence-corrected chi connectivity index (χ2v) is 6.80. The monoisotopic (exact) mass is 367 g/mol. The first-order valence-corrected chi connectivity index (χ1v) is 9.90. The molecule has 0 spiro atoms. The fourth-order valence-electron chi connectivity index (χ4n) is 3.64. The van der Waals surface area contributed by atoms with Crippen LogP contribution < -0.4 is 9.64 Å².